The van der Waals surface area contributed by atoms with Gasteiger partial charge in [-0.2, -0.15) is 0 Å². The Morgan fingerprint density at radius 3 is 2.74 bits per heavy atom. The molecule has 0 saturated carbocycles. The van der Waals surface area contributed by atoms with Crippen LogP contribution in [0.2, 0.25) is 0 Å². The molecule has 1 saturated heterocycles. The first kappa shape index (κ1) is 14.4. The molecule has 8 heteroatoms. The topological polar surface area (TPSA) is 98.5 Å². The van der Waals surface area contributed by atoms with Crippen LogP contribution in [-0.2, 0) is 19.6 Å². The lowest BCUT2D eigenvalue weighted by molar-refractivity contribution is -0.124. The van der Waals surface area contributed by atoms with Gasteiger partial charge in [-0.25, -0.2) is 13.6 Å². The van der Waals surface area contributed by atoms with Crippen molar-refractivity contribution < 1.29 is 17.9 Å². The number of amides is 1. The molecule has 1 aliphatic heterocycles. The van der Waals surface area contributed by atoms with Crippen LogP contribution in [0.4, 0.5) is 5.69 Å². The molecule has 1 aromatic rings. The van der Waals surface area contributed by atoms with Crippen LogP contribution in [0.3, 0.4) is 0 Å². The van der Waals surface area contributed by atoms with Crippen molar-refractivity contribution in [1.29, 1.82) is 0 Å². The molecule has 0 spiro atoms. The van der Waals surface area contributed by atoms with E-state index in [1.165, 1.54) is 18.2 Å². The van der Waals surface area contributed by atoms with E-state index in [4.69, 9.17) is 9.88 Å². The molecule has 0 bridgehead atoms. The van der Waals surface area contributed by atoms with E-state index in [1.54, 1.807) is 0 Å². The van der Waals surface area contributed by atoms with Gasteiger partial charge in [-0.15, -0.1) is 0 Å². The number of anilines is 1. The Balaban J connectivity index is 2.14. The van der Waals surface area contributed by atoms with Gasteiger partial charge in [0.05, 0.1) is 4.90 Å². The van der Waals surface area contributed by atoms with E-state index in [2.05, 4.69) is 21.2 Å². The van der Waals surface area contributed by atoms with Crippen LogP contribution in [0.15, 0.2) is 27.6 Å². The molecule has 104 valence electrons. The molecule has 1 fully saturated rings. The van der Waals surface area contributed by atoms with Gasteiger partial charge >= 0.3 is 0 Å². The van der Waals surface area contributed by atoms with Crippen LogP contribution in [0, 0.1) is 0 Å². The number of benzene rings is 1. The molecule has 1 aromatic carbocycles. The average molecular weight is 349 g/mol. The second kappa shape index (κ2) is 5.58. The van der Waals surface area contributed by atoms with E-state index in [1.807, 2.05) is 0 Å². The van der Waals surface area contributed by atoms with Gasteiger partial charge in [-0.1, -0.05) is 0 Å². The number of hydrogen-bond acceptors (Lipinski definition) is 4. The van der Waals surface area contributed by atoms with Gasteiger partial charge in [0.2, 0.25) is 10.0 Å². The molecule has 1 aliphatic rings. The van der Waals surface area contributed by atoms with E-state index in [0.29, 0.717) is 23.2 Å². The summed E-state index contributed by atoms with van der Waals surface area (Å²) < 4.78 is 28.0. The number of sulfonamides is 1. The van der Waals surface area contributed by atoms with E-state index in [9.17, 15) is 13.2 Å². The number of carbonyl (C=O) groups is 1. The SMILES string of the molecule is NS(=O)(=O)c1ccc(NC(=O)C2CCCO2)cc1Br. The van der Waals surface area contributed by atoms with Gasteiger partial charge in [-0.05, 0) is 47.0 Å². The first-order chi connectivity index (χ1) is 8.88. The van der Waals surface area contributed by atoms with Crippen molar-refractivity contribution in [3.05, 3.63) is 22.7 Å². The van der Waals surface area contributed by atoms with E-state index in [-0.39, 0.29) is 10.8 Å². The van der Waals surface area contributed by atoms with E-state index < -0.39 is 16.1 Å². The summed E-state index contributed by atoms with van der Waals surface area (Å²) in [7, 11) is -3.78. The fourth-order valence-electron chi connectivity index (χ4n) is 1.82. The maximum atomic E-state index is 11.8. The third kappa shape index (κ3) is 3.53. The minimum Gasteiger partial charge on any atom is -0.368 e. The van der Waals surface area contributed by atoms with Crippen LogP contribution in [0.25, 0.3) is 0 Å². The van der Waals surface area contributed by atoms with Gasteiger partial charge < -0.3 is 10.1 Å². The minimum absolute atomic E-state index is 0.0254. The number of rotatable bonds is 3. The maximum absolute atomic E-state index is 11.8. The molecule has 0 aliphatic carbocycles. The molecule has 6 nitrogen and oxygen atoms in total. The number of primary sulfonamides is 1. The zero-order chi connectivity index (χ0) is 14.0. The summed E-state index contributed by atoms with van der Waals surface area (Å²) in [6.45, 7) is 0.589. The molecule has 1 unspecified atom stereocenters. The van der Waals surface area contributed by atoms with Crippen molar-refractivity contribution in [2.24, 2.45) is 5.14 Å². The molecule has 1 amide bonds. The normalized spacial score (nSPS) is 19.4. The van der Waals surface area contributed by atoms with Crippen molar-refractivity contribution in [2.45, 2.75) is 23.8 Å². The number of hydrogen-bond donors (Lipinski definition) is 2. The molecule has 0 aromatic heterocycles. The highest BCUT2D eigenvalue weighted by Gasteiger charge is 2.23. The second-order valence-corrected chi connectivity index (χ2v) is 6.57. The minimum atomic E-state index is -3.78. The predicted octanol–water partition coefficient (Wildman–Crippen LogP) is 1.21. The average Bonchev–Trinajstić information content (AvgIpc) is 2.80. The van der Waals surface area contributed by atoms with Crippen molar-refractivity contribution in [2.75, 3.05) is 11.9 Å². The first-order valence-electron chi connectivity index (χ1n) is 5.63. The second-order valence-electron chi connectivity index (χ2n) is 4.18. The Hall–Kier alpha value is -0.960. The highest BCUT2D eigenvalue weighted by atomic mass is 79.9. The van der Waals surface area contributed by atoms with Crippen LogP contribution < -0.4 is 10.5 Å². The third-order valence-electron chi connectivity index (χ3n) is 2.73. The van der Waals surface area contributed by atoms with Crippen molar-refractivity contribution in [1.82, 2.24) is 0 Å². The monoisotopic (exact) mass is 348 g/mol. The van der Waals surface area contributed by atoms with Crippen LogP contribution in [0.1, 0.15) is 12.8 Å². The van der Waals surface area contributed by atoms with Gasteiger partial charge in [0.25, 0.3) is 5.91 Å². The van der Waals surface area contributed by atoms with Crippen LogP contribution in [0.5, 0.6) is 0 Å². The van der Waals surface area contributed by atoms with Gasteiger partial charge in [0, 0.05) is 16.8 Å². The summed E-state index contributed by atoms with van der Waals surface area (Å²) >= 11 is 3.11. The fraction of sp³-hybridized carbons (Fsp3) is 0.364. The van der Waals surface area contributed by atoms with Crippen molar-refractivity contribution in [3.8, 4) is 0 Å². The van der Waals surface area contributed by atoms with E-state index in [0.717, 1.165) is 6.42 Å². The number of nitrogens with two attached hydrogens (primary N) is 1. The summed E-state index contributed by atoms with van der Waals surface area (Å²) in [6.07, 6.45) is 1.13. The van der Waals surface area contributed by atoms with Crippen molar-refractivity contribution in [3.63, 3.8) is 0 Å². The summed E-state index contributed by atoms with van der Waals surface area (Å²) in [4.78, 5) is 11.8. The largest absolute Gasteiger partial charge is 0.368 e. The standard InChI is InChI=1S/C11H13BrN2O4S/c12-8-6-7(3-4-10(8)19(13,16)17)14-11(15)9-2-1-5-18-9/h3-4,6,9H,1-2,5H2,(H,14,15)(H2,13,16,17). The molecule has 0 radical (unpaired) electrons. The number of carbonyl (C=O) groups excluding carboxylic acids is 1. The summed E-state index contributed by atoms with van der Waals surface area (Å²) in [5, 5.41) is 7.72. The Morgan fingerprint density at radius 1 is 1.47 bits per heavy atom. The molecule has 3 N–H and O–H groups in total. The van der Waals surface area contributed by atoms with Gasteiger partial charge in [0.15, 0.2) is 0 Å². The van der Waals surface area contributed by atoms with Gasteiger partial charge in [0.1, 0.15) is 6.10 Å². The first-order valence-corrected chi connectivity index (χ1v) is 7.96. The Bertz CT molecular complexity index is 597. The van der Waals surface area contributed by atoms with Gasteiger partial charge in [-0.3, -0.25) is 4.79 Å². The number of halogens is 1. The van der Waals surface area contributed by atoms with Crippen LogP contribution in [-0.4, -0.2) is 27.0 Å². The lowest BCUT2D eigenvalue weighted by Gasteiger charge is -2.11. The molecule has 2 rings (SSSR count). The molecular weight excluding hydrogens is 336 g/mol. The lowest BCUT2D eigenvalue weighted by atomic mass is 10.2. The van der Waals surface area contributed by atoms with Crippen LogP contribution >= 0.6 is 15.9 Å². The Morgan fingerprint density at radius 2 is 2.21 bits per heavy atom. The number of ether oxygens (including phenoxy) is 1. The zero-order valence-corrected chi connectivity index (χ0v) is 12.3. The molecule has 19 heavy (non-hydrogen) atoms. The highest BCUT2D eigenvalue weighted by molar-refractivity contribution is 9.10. The highest BCUT2D eigenvalue weighted by Crippen LogP contribution is 2.25. The zero-order valence-electron chi connectivity index (χ0n) is 9.93. The molecular formula is C11H13BrN2O4S. The Labute approximate surface area is 119 Å². The smallest absolute Gasteiger partial charge is 0.253 e. The van der Waals surface area contributed by atoms with E-state index >= 15 is 0 Å². The lowest BCUT2D eigenvalue weighted by Crippen LogP contribution is -2.26. The summed E-state index contributed by atoms with van der Waals surface area (Å²) in [5.41, 5.74) is 0.486. The molecule has 1 atom stereocenters. The number of nitrogens with one attached hydrogen (secondary N) is 1. The predicted molar refractivity (Wildman–Crippen MR) is 73.1 cm³/mol. The fourth-order valence-corrected chi connectivity index (χ4v) is 3.46. The van der Waals surface area contributed by atoms with Crippen molar-refractivity contribution >= 4 is 37.5 Å². The third-order valence-corrected chi connectivity index (χ3v) is 4.62. The summed E-state index contributed by atoms with van der Waals surface area (Å²) in [5.74, 6) is -0.229. The summed E-state index contributed by atoms with van der Waals surface area (Å²) in [6, 6.07) is 4.31. The Kier molecular flexibility index (Phi) is 4.24. The quantitative estimate of drug-likeness (QED) is 0.857. The maximum Gasteiger partial charge on any atom is 0.253 e. The molecule has 1 heterocycles.